The van der Waals surface area contributed by atoms with E-state index in [1.807, 2.05) is 6.20 Å². The zero-order valence-corrected chi connectivity index (χ0v) is 12.2. The number of rotatable bonds is 0. The lowest BCUT2D eigenvalue weighted by Gasteiger charge is -2.20. The highest BCUT2D eigenvalue weighted by atomic mass is 14.8. The van der Waals surface area contributed by atoms with E-state index in [0.29, 0.717) is 0 Å². The molecule has 1 aromatic carbocycles. The quantitative estimate of drug-likeness (QED) is 0.691. The maximum absolute atomic E-state index is 4.76. The SMILES string of the molecule is CC(C)(C)c1ccc2ncc(C(C)(C)C)nc2c1. The minimum atomic E-state index is 0.0406. The van der Waals surface area contributed by atoms with Gasteiger partial charge in [0.05, 0.1) is 16.7 Å². The number of benzene rings is 1. The van der Waals surface area contributed by atoms with E-state index in [1.165, 1.54) is 5.56 Å². The van der Waals surface area contributed by atoms with Crippen LogP contribution in [0.2, 0.25) is 0 Å². The third-order valence-electron chi connectivity index (χ3n) is 3.18. The third-order valence-corrected chi connectivity index (χ3v) is 3.18. The van der Waals surface area contributed by atoms with Gasteiger partial charge in [0.1, 0.15) is 0 Å². The van der Waals surface area contributed by atoms with Gasteiger partial charge >= 0.3 is 0 Å². The molecule has 2 aromatic rings. The molecular formula is C16H22N2. The Hall–Kier alpha value is -1.44. The predicted molar refractivity (Wildman–Crippen MR) is 76.9 cm³/mol. The summed E-state index contributed by atoms with van der Waals surface area (Å²) in [5.41, 5.74) is 4.49. The summed E-state index contributed by atoms with van der Waals surface area (Å²) in [5, 5.41) is 0. The van der Waals surface area contributed by atoms with Gasteiger partial charge in [-0.2, -0.15) is 0 Å². The summed E-state index contributed by atoms with van der Waals surface area (Å²) >= 11 is 0. The molecule has 0 radical (unpaired) electrons. The molecule has 0 saturated heterocycles. The summed E-state index contributed by atoms with van der Waals surface area (Å²) in [4.78, 5) is 9.27. The van der Waals surface area contributed by atoms with E-state index in [4.69, 9.17) is 4.98 Å². The number of hydrogen-bond acceptors (Lipinski definition) is 2. The number of fused-ring (bicyclic) bond motifs is 1. The molecule has 96 valence electrons. The first kappa shape index (κ1) is 13.0. The number of nitrogens with zero attached hydrogens (tertiary/aromatic N) is 2. The van der Waals surface area contributed by atoms with E-state index in [2.05, 4.69) is 64.7 Å². The van der Waals surface area contributed by atoms with Gasteiger partial charge in [-0.05, 0) is 23.1 Å². The standard InChI is InChI=1S/C16H22N2/c1-15(2,3)11-7-8-12-13(9-11)18-14(10-17-12)16(4,5)6/h7-10H,1-6H3. The van der Waals surface area contributed by atoms with E-state index in [-0.39, 0.29) is 10.8 Å². The second-order valence-electron chi connectivity index (χ2n) is 6.96. The fraction of sp³-hybridized carbons (Fsp3) is 0.500. The summed E-state index contributed by atoms with van der Waals surface area (Å²) in [5.74, 6) is 0. The van der Waals surface area contributed by atoms with Gasteiger partial charge in [-0.25, -0.2) is 4.98 Å². The Morgan fingerprint density at radius 3 is 2.06 bits per heavy atom. The lowest BCUT2D eigenvalue weighted by molar-refractivity contribution is 0.568. The normalized spacial score (nSPS) is 13.0. The molecule has 2 heteroatoms. The Morgan fingerprint density at radius 1 is 0.833 bits per heavy atom. The van der Waals surface area contributed by atoms with Crippen molar-refractivity contribution in [1.29, 1.82) is 0 Å². The van der Waals surface area contributed by atoms with Gasteiger partial charge in [0, 0.05) is 11.6 Å². The smallest absolute Gasteiger partial charge is 0.0893 e. The highest BCUT2D eigenvalue weighted by Crippen LogP contribution is 2.26. The van der Waals surface area contributed by atoms with Crippen LogP contribution in [0.3, 0.4) is 0 Å². The van der Waals surface area contributed by atoms with Crippen molar-refractivity contribution in [3.63, 3.8) is 0 Å². The van der Waals surface area contributed by atoms with E-state index in [1.54, 1.807) is 0 Å². The van der Waals surface area contributed by atoms with Crippen molar-refractivity contribution in [1.82, 2.24) is 9.97 Å². The Kier molecular flexibility index (Phi) is 2.92. The van der Waals surface area contributed by atoms with Crippen molar-refractivity contribution < 1.29 is 0 Å². The van der Waals surface area contributed by atoms with Crippen LogP contribution in [-0.2, 0) is 10.8 Å². The van der Waals surface area contributed by atoms with E-state index in [9.17, 15) is 0 Å². The predicted octanol–water partition coefficient (Wildman–Crippen LogP) is 4.22. The van der Waals surface area contributed by atoms with Crippen molar-refractivity contribution in [3.05, 3.63) is 35.7 Å². The molecule has 0 atom stereocenters. The van der Waals surface area contributed by atoms with Crippen LogP contribution in [-0.4, -0.2) is 9.97 Å². The summed E-state index contributed by atoms with van der Waals surface area (Å²) in [7, 11) is 0. The molecule has 0 spiro atoms. The molecule has 0 bridgehead atoms. The average Bonchev–Trinajstić information content (AvgIpc) is 2.25. The van der Waals surface area contributed by atoms with E-state index in [0.717, 1.165) is 16.7 Å². The zero-order valence-electron chi connectivity index (χ0n) is 12.2. The van der Waals surface area contributed by atoms with Crippen LogP contribution in [0.25, 0.3) is 11.0 Å². The monoisotopic (exact) mass is 242 g/mol. The first-order chi connectivity index (χ1) is 8.18. The molecule has 1 heterocycles. The van der Waals surface area contributed by atoms with E-state index < -0.39 is 0 Å². The molecule has 2 nitrogen and oxygen atoms in total. The zero-order chi connectivity index (χ0) is 13.6. The van der Waals surface area contributed by atoms with Crippen LogP contribution < -0.4 is 0 Å². The second kappa shape index (κ2) is 4.04. The van der Waals surface area contributed by atoms with Crippen LogP contribution in [0, 0.1) is 0 Å². The van der Waals surface area contributed by atoms with Crippen LogP contribution >= 0.6 is 0 Å². The Labute approximate surface area is 109 Å². The fourth-order valence-corrected chi connectivity index (χ4v) is 1.84. The third kappa shape index (κ3) is 2.53. The first-order valence-electron chi connectivity index (χ1n) is 6.46. The van der Waals surface area contributed by atoms with Crippen LogP contribution in [0.5, 0.6) is 0 Å². The lowest BCUT2D eigenvalue weighted by atomic mass is 9.87. The molecule has 0 aliphatic rings. The van der Waals surface area contributed by atoms with Gasteiger partial charge in [0.25, 0.3) is 0 Å². The fourth-order valence-electron chi connectivity index (χ4n) is 1.84. The summed E-state index contributed by atoms with van der Waals surface area (Å²) in [6.45, 7) is 13.1. The maximum Gasteiger partial charge on any atom is 0.0893 e. The first-order valence-corrected chi connectivity index (χ1v) is 6.46. The molecule has 2 rings (SSSR count). The van der Waals surface area contributed by atoms with Gasteiger partial charge < -0.3 is 0 Å². The van der Waals surface area contributed by atoms with Gasteiger partial charge in [-0.1, -0.05) is 47.6 Å². The highest BCUT2D eigenvalue weighted by molar-refractivity contribution is 5.75. The van der Waals surface area contributed by atoms with Gasteiger partial charge in [0.2, 0.25) is 0 Å². The molecule has 0 fully saturated rings. The van der Waals surface area contributed by atoms with Gasteiger partial charge in [-0.3, -0.25) is 4.98 Å². The molecule has 18 heavy (non-hydrogen) atoms. The van der Waals surface area contributed by atoms with Gasteiger partial charge in [0.15, 0.2) is 0 Å². The highest BCUT2D eigenvalue weighted by Gasteiger charge is 2.18. The minimum absolute atomic E-state index is 0.0406. The number of hydrogen-bond donors (Lipinski definition) is 0. The van der Waals surface area contributed by atoms with Crippen molar-refractivity contribution >= 4 is 11.0 Å². The summed E-state index contributed by atoms with van der Waals surface area (Å²) in [6.07, 6.45) is 1.89. The minimum Gasteiger partial charge on any atom is -0.253 e. The Bertz CT molecular complexity index is 523. The lowest BCUT2D eigenvalue weighted by Crippen LogP contribution is -2.14. The molecule has 0 aliphatic heterocycles. The molecule has 0 amide bonds. The van der Waals surface area contributed by atoms with Crippen molar-refractivity contribution in [2.75, 3.05) is 0 Å². The van der Waals surface area contributed by atoms with Gasteiger partial charge in [-0.15, -0.1) is 0 Å². The summed E-state index contributed by atoms with van der Waals surface area (Å²) in [6, 6.07) is 6.38. The molecule has 0 N–H and O–H groups in total. The van der Waals surface area contributed by atoms with Crippen LogP contribution in [0.4, 0.5) is 0 Å². The molecular weight excluding hydrogens is 220 g/mol. The van der Waals surface area contributed by atoms with Crippen LogP contribution in [0.15, 0.2) is 24.4 Å². The maximum atomic E-state index is 4.76. The van der Waals surface area contributed by atoms with Crippen molar-refractivity contribution in [2.45, 2.75) is 52.4 Å². The average molecular weight is 242 g/mol. The largest absolute Gasteiger partial charge is 0.253 e. The topological polar surface area (TPSA) is 25.8 Å². The number of aromatic nitrogens is 2. The van der Waals surface area contributed by atoms with E-state index >= 15 is 0 Å². The molecule has 0 aliphatic carbocycles. The van der Waals surface area contributed by atoms with Crippen LogP contribution in [0.1, 0.15) is 52.8 Å². The Balaban J connectivity index is 2.61. The Morgan fingerprint density at radius 2 is 1.50 bits per heavy atom. The summed E-state index contributed by atoms with van der Waals surface area (Å²) < 4.78 is 0. The van der Waals surface area contributed by atoms with Crippen molar-refractivity contribution in [3.8, 4) is 0 Å². The van der Waals surface area contributed by atoms with Crippen molar-refractivity contribution in [2.24, 2.45) is 0 Å². The second-order valence-corrected chi connectivity index (χ2v) is 6.96. The molecule has 1 aromatic heterocycles. The molecule has 0 saturated carbocycles. The molecule has 0 unspecified atom stereocenters.